The summed E-state index contributed by atoms with van der Waals surface area (Å²) in [4.78, 5) is 14.7. The Bertz CT molecular complexity index is 1620. The van der Waals surface area contributed by atoms with Crippen LogP contribution in [-0.4, -0.2) is 40.3 Å². The molecule has 0 bridgehead atoms. The molecule has 1 aliphatic rings. The van der Waals surface area contributed by atoms with Crippen LogP contribution in [0, 0.1) is 0 Å². The lowest BCUT2D eigenvalue weighted by Gasteiger charge is -2.19. The number of H-pyrrole nitrogens is 1. The molecule has 194 valence electrons. The van der Waals surface area contributed by atoms with E-state index in [0.717, 1.165) is 6.07 Å². The third-order valence-corrected chi connectivity index (χ3v) is 8.19. The van der Waals surface area contributed by atoms with Gasteiger partial charge in [0.1, 0.15) is 11.1 Å². The molecule has 0 radical (unpaired) electrons. The Morgan fingerprint density at radius 3 is 2.35 bits per heavy atom. The van der Waals surface area contributed by atoms with Crippen molar-refractivity contribution in [3.63, 3.8) is 0 Å². The molecule has 0 aliphatic heterocycles. The maximum Gasteiger partial charge on any atom is 0.417 e. The van der Waals surface area contributed by atoms with Crippen LogP contribution in [0.3, 0.4) is 0 Å². The summed E-state index contributed by atoms with van der Waals surface area (Å²) in [6, 6.07) is 7.68. The topological polar surface area (TPSA) is 88.6 Å². The van der Waals surface area contributed by atoms with E-state index in [1.807, 2.05) is 0 Å². The van der Waals surface area contributed by atoms with Gasteiger partial charge in [0.2, 0.25) is 0 Å². The van der Waals surface area contributed by atoms with Crippen molar-refractivity contribution in [2.75, 3.05) is 5.75 Å². The van der Waals surface area contributed by atoms with Crippen LogP contribution in [0.2, 0.25) is 0 Å². The smallest absolute Gasteiger partial charge is 0.352 e. The molecule has 0 saturated heterocycles. The molecule has 0 atom stereocenters. The van der Waals surface area contributed by atoms with E-state index in [0.29, 0.717) is 6.20 Å². The van der Waals surface area contributed by atoms with Crippen LogP contribution in [0.25, 0.3) is 33.7 Å². The summed E-state index contributed by atoms with van der Waals surface area (Å²) in [7, 11) is -3.92. The van der Waals surface area contributed by atoms with Crippen molar-refractivity contribution in [3.8, 4) is 22.6 Å². The zero-order valence-corrected chi connectivity index (χ0v) is 19.9. The fourth-order valence-corrected chi connectivity index (χ4v) is 5.22. The quantitative estimate of drug-likeness (QED) is 0.310. The molecular weight excluding hydrogens is 522 g/mol. The molecule has 1 N–H and O–H groups in total. The van der Waals surface area contributed by atoms with E-state index in [1.165, 1.54) is 43.5 Å². The van der Waals surface area contributed by atoms with Crippen LogP contribution < -0.4 is 0 Å². The number of hydrogen-bond acceptors (Lipinski definition) is 5. The molecule has 0 amide bonds. The second-order valence-electron chi connectivity index (χ2n) is 8.80. The Morgan fingerprint density at radius 2 is 1.73 bits per heavy atom. The molecule has 5 rings (SSSR count). The van der Waals surface area contributed by atoms with Gasteiger partial charge in [-0.1, -0.05) is 13.0 Å². The SMILES string of the molecule is CCS(=O)(=O)c1cc(-c2cccc(C3(C(F)(F)F)CC3)n2)cnc1-c1cc2ncc(C(F)(F)F)cc2[nH]1. The van der Waals surface area contributed by atoms with Crippen molar-refractivity contribution in [2.24, 2.45) is 0 Å². The molecule has 4 aromatic heterocycles. The third-order valence-electron chi connectivity index (χ3n) is 6.45. The van der Waals surface area contributed by atoms with Crippen molar-refractivity contribution in [1.82, 2.24) is 19.9 Å². The average molecular weight is 540 g/mol. The van der Waals surface area contributed by atoms with Gasteiger partial charge in [0.05, 0.1) is 44.3 Å². The van der Waals surface area contributed by atoms with Crippen LogP contribution in [0.1, 0.15) is 31.0 Å². The summed E-state index contributed by atoms with van der Waals surface area (Å²) in [5.41, 5.74) is -2.56. The highest BCUT2D eigenvalue weighted by atomic mass is 32.2. The van der Waals surface area contributed by atoms with Crippen molar-refractivity contribution in [2.45, 2.75) is 42.4 Å². The number of fused-ring (bicyclic) bond motifs is 1. The highest BCUT2D eigenvalue weighted by molar-refractivity contribution is 7.91. The average Bonchev–Trinajstić information content (AvgIpc) is 3.57. The lowest BCUT2D eigenvalue weighted by Crippen LogP contribution is -2.29. The Labute approximate surface area is 206 Å². The molecule has 13 heteroatoms. The minimum absolute atomic E-state index is 0.0341. The van der Waals surface area contributed by atoms with E-state index in [2.05, 4.69) is 19.9 Å². The maximum atomic E-state index is 13.6. The van der Waals surface area contributed by atoms with Gasteiger partial charge in [-0.25, -0.2) is 8.42 Å². The highest BCUT2D eigenvalue weighted by Crippen LogP contribution is 2.58. The predicted octanol–water partition coefficient (Wildman–Crippen LogP) is 6.09. The van der Waals surface area contributed by atoms with Gasteiger partial charge in [0.15, 0.2) is 9.84 Å². The molecular formula is C24H18F6N4O2S. The number of nitrogens with zero attached hydrogens (tertiary/aromatic N) is 3. The van der Waals surface area contributed by atoms with Gasteiger partial charge >= 0.3 is 12.4 Å². The number of rotatable bonds is 5. The second kappa shape index (κ2) is 8.27. The minimum atomic E-state index is -4.62. The van der Waals surface area contributed by atoms with Crippen molar-refractivity contribution in [1.29, 1.82) is 0 Å². The second-order valence-corrected chi connectivity index (χ2v) is 11.0. The van der Waals surface area contributed by atoms with E-state index >= 15 is 0 Å². The summed E-state index contributed by atoms with van der Waals surface area (Å²) in [5.74, 6) is -0.313. The highest BCUT2D eigenvalue weighted by Gasteiger charge is 2.65. The molecule has 1 aliphatic carbocycles. The van der Waals surface area contributed by atoms with Gasteiger partial charge in [-0.05, 0) is 43.2 Å². The molecule has 4 heterocycles. The Balaban J connectivity index is 1.62. The Kier molecular flexibility index (Phi) is 5.63. The maximum absolute atomic E-state index is 13.6. The molecule has 1 saturated carbocycles. The number of aromatic amines is 1. The minimum Gasteiger partial charge on any atom is -0.352 e. The summed E-state index contributed by atoms with van der Waals surface area (Å²) >= 11 is 0. The third kappa shape index (κ3) is 4.34. The summed E-state index contributed by atoms with van der Waals surface area (Å²) in [6.07, 6.45) is -7.30. The van der Waals surface area contributed by atoms with Gasteiger partial charge in [-0.15, -0.1) is 0 Å². The van der Waals surface area contributed by atoms with E-state index in [9.17, 15) is 34.8 Å². The first kappa shape index (κ1) is 25.2. The lowest BCUT2D eigenvalue weighted by molar-refractivity contribution is -0.161. The Morgan fingerprint density at radius 1 is 1.00 bits per heavy atom. The zero-order chi connectivity index (χ0) is 26.8. The number of hydrogen-bond donors (Lipinski definition) is 1. The van der Waals surface area contributed by atoms with Gasteiger partial charge < -0.3 is 4.98 Å². The summed E-state index contributed by atoms with van der Waals surface area (Å²) in [5, 5.41) is 0. The first-order valence-corrected chi connectivity index (χ1v) is 12.7. The van der Waals surface area contributed by atoms with Crippen LogP contribution in [0.4, 0.5) is 26.3 Å². The van der Waals surface area contributed by atoms with Crippen LogP contribution in [-0.2, 0) is 21.4 Å². The van der Waals surface area contributed by atoms with E-state index in [1.54, 1.807) is 0 Å². The van der Waals surface area contributed by atoms with Crippen LogP contribution in [0.15, 0.2) is 53.7 Å². The Hall–Kier alpha value is -3.48. The fourth-order valence-electron chi connectivity index (χ4n) is 4.14. The number of aromatic nitrogens is 4. The number of nitrogens with one attached hydrogen (secondary N) is 1. The number of sulfone groups is 1. The first-order chi connectivity index (χ1) is 17.2. The molecule has 6 nitrogen and oxygen atoms in total. The largest absolute Gasteiger partial charge is 0.417 e. The van der Waals surface area contributed by atoms with Crippen molar-refractivity contribution < 1.29 is 34.8 Å². The molecule has 4 aromatic rings. The molecule has 0 spiro atoms. The number of alkyl halides is 6. The monoisotopic (exact) mass is 540 g/mol. The first-order valence-electron chi connectivity index (χ1n) is 11.1. The zero-order valence-electron chi connectivity index (χ0n) is 19.1. The normalized spacial score (nSPS) is 15.8. The van der Waals surface area contributed by atoms with E-state index in [4.69, 9.17) is 0 Å². The fraction of sp³-hybridized carbons (Fsp3) is 0.292. The standard InChI is InChI=1S/C24H18F6N4O2S/c1-2-37(35,36)19-8-13(15-4-3-5-20(34-15)22(6-7-22)24(28,29)30)11-32-21(19)18-10-16-17(33-18)9-14(12-31-16)23(25,26)27/h3-5,8-12,33H,2,6-7H2,1H3. The molecule has 1 fully saturated rings. The molecule has 0 unspecified atom stereocenters. The van der Waals surface area contributed by atoms with Crippen molar-refractivity contribution in [3.05, 3.63) is 60.0 Å². The predicted molar refractivity (Wildman–Crippen MR) is 122 cm³/mol. The van der Waals surface area contributed by atoms with Gasteiger partial charge in [-0.3, -0.25) is 15.0 Å². The molecule has 0 aromatic carbocycles. The van der Waals surface area contributed by atoms with Gasteiger partial charge in [-0.2, -0.15) is 26.3 Å². The summed E-state index contributed by atoms with van der Waals surface area (Å²) in [6.45, 7) is 1.41. The van der Waals surface area contributed by atoms with Crippen LogP contribution in [0.5, 0.6) is 0 Å². The van der Waals surface area contributed by atoms with E-state index < -0.39 is 33.2 Å². The van der Waals surface area contributed by atoms with Crippen LogP contribution >= 0.6 is 0 Å². The van der Waals surface area contributed by atoms with E-state index in [-0.39, 0.29) is 62.9 Å². The number of pyridine rings is 3. The lowest BCUT2D eigenvalue weighted by atomic mass is 10.00. The van der Waals surface area contributed by atoms with Gasteiger partial charge in [0, 0.05) is 18.0 Å². The number of halogens is 6. The molecule has 37 heavy (non-hydrogen) atoms. The van der Waals surface area contributed by atoms with Crippen molar-refractivity contribution >= 4 is 20.9 Å². The summed E-state index contributed by atoms with van der Waals surface area (Å²) < 4.78 is 106. The van der Waals surface area contributed by atoms with Gasteiger partial charge in [0.25, 0.3) is 0 Å².